The lowest BCUT2D eigenvalue weighted by molar-refractivity contribution is 0.827. The quantitative estimate of drug-likeness (QED) is 0.134. The molecule has 2 aliphatic heterocycles. The number of hydrogen-bond donors (Lipinski definition) is 1. The van der Waals surface area contributed by atoms with Crippen LogP contribution in [0.5, 0.6) is 0 Å². The number of anilines is 1. The highest BCUT2D eigenvalue weighted by atomic mass is 15.2. The predicted octanol–water partition coefficient (Wildman–Crippen LogP) is 11.6. The molecule has 6 rings (SSSR count). The van der Waals surface area contributed by atoms with E-state index in [2.05, 4.69) is 133 Å². The van der Waals surface area contributed by atoms with E-state index < -0.39 is 0 Å². The molecule has 3 aromatic carbocycles. The van der Waals surface area contributed by atoms with E-state index in [0.717, 1.165) is 35.4 Å². The summed E-state index contributed by atoms with van der Waals surface area (Å²) in [7, 11) is 0. The lowest BCUT2D eigenvalue weighted by Gasteiger charge is -2.42. The number of nitrogens with zero attached hydrogens (tertiary/aromatic N) is 3. The third-order valence-electron chi connectivity index (χ3n) is 8.76. The van der Waals surface area contributed by atoms with Gasteiger partial charge in [-0.1, -0.05) is 124 Å². The van der Waals surface area contributed by atoms with Gasteiger partial charge in [-0.15, -0.1) is 0 Å². The summed E-state index contributed by atoms with van der Waals surface area (Å²) in [6.07, 6.45) is 24.5. The summed E-state index contributed by atoms with van der Waals surface area (Å²) in [5.74, 6) is 0.509. The Hall–Kier alpha value is -5.74. The van der Waals surface area contributed by atoms with Gasteiger partial charge in [-0.25, -0.2) is 4.99 Å². The highest BCUT2D eigenvalue weighted by Crippen LogP contribution is 2.46. The molecule has 1 aliphatic carbocycles. The number of nitrogens with two attached hydrogens (primary N) is 1. The largest absolute Gasteiger partial charge is 0.384 e. The van der Waals surface area contributed by atoms with Gasteiger partial charge >= 0.3 is 0 Å². The first-order chi connectivity index (χ1) is 24.4. The lowest BCUT2D eigenvalue weighted by Crippen LogP contribution is -2.34. The second-order valence-corrected chi connectivity index (χ2v) is 12.1. The van der Waals surface area contributed by atoms with E-state index in [9.17, 15) is 0 Å². The summed E-state index contributed by atoms with van der Waals surface area (Å²) in [6, 6.07) is 28.1. The van der Waals surface area contributed by atoms with Crippen LogP contribution in [-0.4, -0.2) is 17.6 Å². The minimum atomic E-state index is -0.0193. The Kier molecular flexibility index (Phi) is 12.1. The first-order valence-corrected chi connectivity index (χ1v) is 17.6. The van der Waals surface area contributed by atoms with Gasteiger partial charge in [0.15, 0.2) is 0 Å². The molecule has 0 bridgehead atoms. The second kappa shape index (κ2) is 17.1. The molecule has 2 heterocycles. The van der Waals surface area contributed by atoms with Crippen molar-refractivity contribution in [2.45, 2.75) is 53.5 Å². The normalized spacial score (nSPS) is 18.4. The van der Waals surface area contributed by atoms with Gasteiger partial charge in [-0.05, 0) is 104 Å². The van der Waals surface area contributed by atoms with Crippen molar-refractivity contribution in [1.29, 1.82) is 0 Å². The Bertz CT molecular complexity index is 1950. The van der Waals surface area contributed by atoms with Gasteiger partial charge < -0.3 is 10.6 Å². The zero-order chi connectivity index (χ0) is 35.5. The Morgan fingerprint density at radius 2 is 1.56 bits per heavy atom. The van der Waals surface area contributed by atoms with E-state index in [1.165, 1.54) is 44.9 Å². The van der Waals surface area contributed by atoms with Gasteiger partial charge in [0.1, 0.15) is 5.84 Å². The van der Waals surface area contributed by atoms with E-state index in [1.54, 1.807) is 0 Å². The van der Waals surface area contributed by atoms with Gasteiger partial charge in [0.2, 0.25) is 0 Å². The SMILES string of the molecule is C=C1C(/C=C\C=C(/C)C(C)N=C(N)/C=C\C=C/C)=NC/1=C/C=C1/C2=C(CCC=C2)N1c1cc(-c2ccccc2)cc(-c2ccccc2)c1.CC. The third kappa shape index (κ3) is 8.27. The Morgan fingerprint density at radius 1 is 0.900 bits per heavy atom. The van der Waals surface area contributed by atoms with E-state index in [0.29, 0.717) is 5.84 Å². The number of hydrogen-bond acceptors (Lipinski definition) is 3. The maximum Gasteiger partial charge on any atom is 0.118 e. The zero-order valence-corrected chi connectivity index (χ0v) is 30.0. The molecule has 0 saturated heterocycles. The first kappa shape index (κ1) is 35.6. The van der Waals surface area contributed by atoms with Gasteiger partial charge in [-0.2, -0.15) is 0 Å². The topological polar surface area (TPSA) is 54.0 Å². The molecule has 0 aromatic heterocycles. The van der Waals surface area contributed by atoms with Crippen molar-refractivity contribution in [3.63, 3.8) is 0 Å². The van der Waals surface area contributed by atoms with Crippen LogP contribution in [0.15, 0.2) is 196 Å². The van der Waals surface area contributed by atoms with Gasteiger partial charge in [0.25, 0.3) is 0 Å². The van der Waals surface area contributed by atoms with Crippen molar-refractivity contribution in [1.82, 2.24) is 0 Å². The summed E-state index contributed by atoms with van der Waals surface area (Å²) in [5.41, 5.74) is 19.7. The Labute approximate surface area is 298 Å². The molecule has 0 saturated carbocycles. The third-order valence-corrected chi connectivity index (χ3v) is 8.76. The van der Waals surface area contributed by atoms with Crippen LogP contribution in [0, 0.1) is 0 Å². The highest BCUT2D eigenvalue weighted by Gasteiger charge is 2.33. The smallest absolute Gasteiger partial charge is 0.118 e. The molecular weight excluding hydrogens is 609 g/mol. The van der Waals surface area contributed by atoms with Crippen molar-refractivity contribution in [3.05, 3.63) is 186 Å². The minimum absolute atomic E-state index is 0.0193. The number of aliphatic imine (C=N–C) groups is 2. The van der Waals surface area contributed by atoms with E-state index >= 15 is 0 Å². The standard InChI is InChI=1S/C44H42N4.C2H6/c1-5-6-9-25-44(45)46-33(4)31(2)17-16-23-40-32(3)41(47-40)26-27-43-39-22-14-15-24-42(39)48(43)38-29-36(34-18-10-7-11-19-34)28-37(30-38)35-20-12-8-13-21-35;1-2/h5-14,16-23,25-30,33H,3,15,24H2,1-2,4H3,(H2,45,46);1-2H3/b6-5-,23-16-,25-9-,31-17+,41-26+,43-27-;. The van der Waals surface area contributed by atoms with Crippen LogP contribution in [0.1, 0.15) is 47.5 Å². The maximum atomic E-state index is 6.03. The fraction of sp³-hybridized carbons (Fsp3) is 0.174. The molecule has 3 aliphatic rings. The molecule has 0 radical (unpaired) electrons. The van der Waals surface area contributed by atoms with Crippen LogP contribution in [0.25, 0.3) is 22.3 Å². The first-order valence-electron chi connectivity index (χ1n) is 17.6. The van der Waals surface area contributed by atoms with E-state index in [1.807, 2.05) is 64.2 Å². The number of benzene rings is 3. The Morgan fingerprint density at radius 3 is 2.18 bits per heavy atom. The monoisotopic (exact) mass is 656 g/mol. The average Bonchev–Trinajstić information content (AvgIpc) is 3.15. The van der Waals surface area contributed by atoms with Gasteiger partial charge in [0.05, 0.1) is 23.1 Å². The Balaban J connectivity index is 0.00000239. The molecule has 1 unspecified atom stereocenters. The molecular formula is C46H48N4. The van der Waals surface area contributed by atoms with Crippen molar-refractivity contribution in [2.75, 3.05) is 4.90 Å². The molecule has 50 heavy (non-hydrogen) atoms. The summed E-state index contributed by atoms with van der Waals surface area (Å²) in [5, 5.41) is 0. The van der Waals surface area contributed by atoms with Crippen LogP contribution >= 0.6 is 0 Å². The highest BCUT2D eigenvalue weighted by molar-refractivity contribution is 6.17. The predicted molar refractivity (Wildman–Crippen MR) is 217 cm³/mol. The van der Waals surface area contributed by atoms with Crippen LogP contribution in [0.4, 0.5) is 5.69 Å². The molecule has 4 heteroatoms. The van der Waals surface area contributed by atoms with Crippen LogP contribution in [0.2, 0.25) is 0 Å². The number of rotatable bonds is 10. The van der Waals surface area contributed by atoms with Crippen LogP contribution in [-0.2, 0) is 0 Å². The van der Waals surface area contributed by atoms with Crippen molar-refractivity contribution in [3.8, 4) is 22.3 Å². The van der Waals surface area contributed by atoms with Gasteiger partial charge in [-0.3, -0.25) is 4.99 Å². The lowest BCUT2D eigenvalue weighted by atomic mass is 9.88. The summed E-state index contributed by atoms with van der Waals surface area (Å²) in [6.45, 7) is 14.4. The zero-order valence-electron chi connectivity index (χ0n) is 30.0. The molecule has 4 nitrogen and oxygen atoms in total. The maximum absolute atomic E-state index is 6.03. The average molecular weight is 657 g/mol. The van der Waals surface area contributed by atoms with E-state index in [-0.39, 0.29) is 6.04 Å². The second-order valence-electron chi connectivity index (χ2n) is 12.1. The van der Waals surface area contributed by atoms with Crippen LogP contribution in [0.3, 0.4) is 0 Å². The molecule has 252 valence electrons. The molecule has 0 fully saturated rings. The minimum Gasteiger partial charge on any atom is -0.384 e. The summed E-state index contributed by atoms with van der Waals surface area (Å²) in [4.78, 5) is 11.7. The molecule has 3 aromatic rings. The number of amidine groups is 1. The summed E-state index contributed by atoms with van der Waals surface area (Å²) < 4.78 is 0. The summed E-state index contributed by atoms with van der Waals surface area (Å²) >= 11 is 0. The van der Waals surface area contributed by atoms with Crippen molar-refractivity contribution in [2.24, 2.45) is 15.7 Å². The molecule has 2 N–H and O–H groups in total. The number of allylic oxidation sites excluding steroid dienone is 12. The molecule has 0 spiro atoms. The van der Waals surface area contributed by atoms with Crippen LogP contribution < -0.4 is 10.6 Å². The molecule has 0 amide bonds. The van der Waals surface area contributed by atoms with Crippen molar-refractivity contribution >= 4 is 17.2 Å². The van der Waals surface area contributed by atoms with E-state index in [4.69, 9.17) is 10.7 Å². The van der Waals surface area contributed by atoms with Gasteiger partial charge in [0, 0.05) is 22.5 Å². The molecule has 1 atom stereocenters. The fourth-order valence-corrected chi connectivity index (χ4v) is 5.97. The van der Waals surface area contributed by atoms with Crippen molar-refractivity contribution < 1.29 is 0 Å². The fourth-order valence-electron chi connectivity index (χ4n) is 5.97.